The Morgan fingerprint density at radius 2 is 1.78 bits per heavy atom. The van der Waals surface area contributed by atoms with Crippen LogP contribution < -0.4 is 10.2 Å². The summed E-state index contributed by atoms with van der Waals surface area (Å²) in [6.45, 7) is 0. The largest absolute Gasteiger partial charge is 0.508 e. The second kappa shape index (κ2) is 6.02. The normalized spacial score (nSPS) is 16.6. The Bertz CT molecular complexity index is 831. The van der Waals surface area contributed by atoms with Crippen molar-refractivity contribution in [3.8, 4) is 5.75 Å². The topological polar surface area (TPSA) is 69.6 Å². The molecule has 0 unspecified atom stereocenters. The van der Waals surface area contributed by atoms with Crippen LogP contribution in [0.3, 0.4) is 0 Å². The van der Waals surface area contributed by atoms with Crippen molar-refractivity contribution in [3.63, 3.8) is 0 Å². The minimum absolute atomic E-state index is 0.0410. The van der Waals surface area contributed by atoms with E-state index in [4.69, 9.17) is 12.2 Å². The third kappa shape index (κ3) is 2.97. The molecule has 2 N–H and O–H groups in total. The van der Waals surface area contributed by atoms with Gasteiger partial charge >= 0.3 is 0 Å². The highest BCUT2D eigenvalue weighted by atomic mass is 32.1. The lowest BCUT2D eigenvalue weighted by atomic mass is 10.1. The van der Waals surface area contributed by atoms with Gasteiger partial charge in [0, 0.05) is 0 Å². The van der Waals surface area contributed by atoms with Crippen LogP contribution in [0.2, 0.25) is 0 Å². The first-order valence-electron chi connectivity index (χ1n) is 6.82. The summed E-state index contributed by atoms with van der Waals surface area (Å²) in [6, 6.07) is 15.1. The molecule has 0 bridgehead atoms. The third-order valence-corrected chi connectivity index (χ3v) is 3.58. The maximum Gasteiger partial charge on any atom is 0.270 e. The number of rotatable bonds is 2. The Kier molecular flexibility index (Phi) is 3.91. The van der Waals surface area contributed by atoms with Crippen LogP contribution in [-0.4, -0.2) is 22.0 Å². The fourth-order valence-corrected chi connectivity index (χ4v) is 2.53. The zero-order valence-corrected chi connectivity index (χ0v) is 12.7. The van der Waals surface area contributed by atoms with Crippen molar-refractivity contribution in [1.29, 1.82) is 0 Å². The lowest BCUT2D eigenvalue weighted by molar-refractivity contribution is -0.122. The molecule has 23 heavy (non-hydrogen) atoms. The average Bonchev–Trinajstić information content (AvgIpc) is 2.52. The highest BCUT2D eigenvalue weighted by molar-refractivity contribution is 7.80. The van der Waals surface area contributed by atoms with Crippen LogP contribution in [0.1, 0.15) is 5.56 Å². The number of carbonyl (C=O) groups excluding carboxylic acids is 2. The first-order valence-corrected chi connectivity index (χ1v) is 7.22. The summed E-state index contributed by atoms with van der Waals surface area (Å²) in [5, 5.41) is 12.1. The Morgan fingerprint density at radius 3 is 2.48 bits per heavy atom. The Hall–Kier alpha value is -2.99. The van der Waals surface area contributed by atoms with Crippen molar-refractivity contribution < 1.29 is 14.7 Å². The molecule has 0 spiro atoms. The predicted molar refractivity (Wildman–Crippen MR) is 90.8 cm³/mol. The molecule has 1 aliphatic rings. The fourth-order valence-electron chi connectivity index (χ4n) is 2.25. The molecule has 0 aromatic heterocycles. The molecule has 3 rings (SSSR count). The SMILES string of the molecule is O=C1NC(=S)N(c2ccccc2)C(=O)C1=Cc1cccc(O)c1. The molecule has 2 aromatic carbocycles. The van der Waals surface area contributed by atoms with Crippen LogP contribution in [-0.2, 0) is 9.59 Å². The summed E-state index contributed by atoms with van der Waals surface area (Å²) in [4.78, 5) is 26.1. The summed E-state index contributed by atoms with van der Waals surface area (Å²) in [5.41, 5.74) is 1.07. The van der Waals surface area contributed by atoms with Gasteiger partial charge in [0.05, 0.1) is 5.69 Å². The smallest absolute Gasteiger partial charge is 0.270 e. The van der Waals surface area contributed by atoms with E-state index in [1.54, 1.807) is 36.4 Å². The Morgan fingerprint density at radius 1 is 1.04 bits per heavy atom. The van der Waals surface area contributed by atoms with Crippen LogP contribution in [0.25, 0.3) is 6.08 Å². The molecule has 1 aliphatic heterocycles. The number of benzene rings is 2. The van der Waals surface area contributed by atoms with Gasteiger partial charge in [-0.15, -0.1) is 0 Å². The van der Waals surface area contributed by atoms with Crippen LogP contribution in [0.15, 0.2) is 60.2 Å². The molecular formula is C17H12N2O3S. The van der Waals surface area contributed by atoms with E-state index < -0.39 is 11.8 Å². The average molecular weight is 324 g/mol. The number of aromatic hydroxyl groups is 1. The molecule has 1 heterocycles. The molecule has 5 nitrogen and oxygen atoms in total. The van der Waals surface area contributed by atoms with Gasteiger partial charge in [0.15, 0.2) is 5.11 Å². The number of anilines is 1. The number of amides is 2. The third-order valence-electron chi connectivity index (χ3n) is 3.30. The quantitative estimate of drug-likeness (QED) is 0.505. The fraction of sp³-hybridized carbons (Fsp3) is 0. The standard InChI is InChI=1S/C17H12N2O3S/c20-13-8-4-5-11(9-13)10-14-15(21)18-17(23)19(16(14)22)12-6-2-1-3-7-12/h1-10,20H,(H,18,21,23). The number of phenolic OH excluding ortho intramolecular Hbond substituents is 1. The molecule has 2 aromatic rings. The second-order valence-electron chi connectivity index (χ2n) is 4.89. The van der Waals surface area contributed by atoms with Crippen LogP contribution in [0, 0.1) is 0 Å². The number of nitrogens with one attached hydrogen (secondary N) is 1. The summed E-state index contributed by atoms with van der Waals surface area (Å²) >= 11 is 5.11. The highest BCUT2D eigenvalue weighted by Gasteiger charge is 2.34. The van der Waals surface area contributed by atoms with Crippen molar-refractivity contribution >= 4 is 40.9 Å². The van der Waals surface area contributed by atoms with E-state index in [1.807, 2.05) is 6.07 Å². The summed E-state index contributed by atoms with van der Waals surface area (Å²) in [6.07, 6.45) is 1.43. The zero-order valence-electron chi connectivity index (χ0n) is 11.9. The number of phenols is 1. The van der Waals surface area contributed by atoms with E-state index in [0.717, 1.165) is 0 Å². The van der Waals surface area contributed by atoms with E-state index in [0.29, 0.717) is 11.3 Å². The van der Waals surface area contributed by atoms with Gasteiger partial charge in [0.25, 0.3) is 11.8 Å². The molecule has 0 saturated carbocycles. The number of hydrogen-bond acceptors (Lipinski definition) is 4. The van der Waals surface area contributed by atoms with Crippen LogP contribution in [0.4, 0.5) is 5.69 Å². The van der Waals surface area contributed by atoms with E-state index in [9.17, 15) is 14.7 Å². The number of nitrogens with zero attached hydrogens (tertiary/aromatic N) is 1. The minimum atomic E-state index is -0.560. The number of hydrogen-bond donors (Lipinski definition) is 2. The lowest BCUT2D eigenvalue weighted by Gasteiger charge is -2.28. The van der Waals surface area contributed by atoms with Gasteiger partial charge in [-0.2, -0.15) is 0 Å². The minimum Gasteiger partial charge on any atom is -0.508 e. The van der Waals surface area contributed by atoms with E-state index >= 15 is 0 Å². The lowest BCUT2D eigenvalue weighted by Crippen LogP contribution is -2.54. The van der Waals surface area contributed by atoms with Crippen molar-refractivity contribution in [3.05, 3.63) is 65.7 Å². The molecule has 0 aliphatic carbocycles. The molecular weight excluding hydrogens is 312 g/mol. The van der Waals surface area contributed by atoms with Gasteiger partial charge in [0.2, 0.25) is 0 Å². The van der Waals surface area contributed by atoms with Crippen molar-refractivity contribution in [2.24, 2.45) is 0 Å². The first kappa shape index (κ1) is 14.9. The van der Waals surface area contributed by atoms with Crippen molar-refractivity contribution in [1.82, 2.24) is 5.32 Å². The molecule has 1 saturated heterocycles. The van der Waals surface area contributed by atoms with E-state index in [2.05, 4.69) is 5.32 Å². The predicted octanol–water partition coefficient (Wildman–Crippen LogP) is 2.22. The Labute approximate surface area is 137 Å². The number of carbonyl (C=O) groups is 2. The van der Waals surface area contributed by atoms with Gasteiger partial charge in [-0.05, 0) is 48.1 Å². The van der Waals surface area contributed by atoms with Crippen LogP contribution in [0.5, 0.6) is 5.75 Å². The molecule has 0 atom stereocenters. The summed E-state index contributed by atoms with van der Waals surface area (Å²) < 4.78 is 0. The van der Waals surface area contributed by atoms with E-state index in [1.165, 1.54) is 23.1 Å². The molecule has 2 amide bonds. The van der Waals surface area contributed by atoms with Crippen molar-refractivity contribution in [2.45, 2.75) is 0 Å². The zero-order chi connectivity index (χ0) is 16.4. The number of thiocarbonyl (C=S) groups is 1. The molecule has 0 radical (unpaired) electrons. The first-order chi connectivity index (χ1) is 11.1. The molecule has 6 heteroatoms. The maximum atomic E-state index is 12.7. The van der Waals surface area contributed by atoms with Crippen molar-refractivity contribution in [2.75, 3.05) is 4.90 Å². The van der Waals surface area contributed by atoms with Gasteiger partial charge in [0.1, 0.15) is 11.3 Å². The maximum absolute atomic E-state index is 12.7. The molecule has 114 valence electrons. The summed E-state index contributed by atoms with van der Waals surface area (Å²) in [7, 11) is 0. The monoisotopic (exact) mass is 324 g/mol. The number of para-hydroxylation sites is 1. The highest BCUT2D eigenvalue weighted by Crippen LogP contribution is 2.22. The van der Waals surface area contributed by atoms with Gasteiger partial charge in [-0.1, -0.05) is 30.3 Å². The second-order valence-corrected chi connectivity index (χ2v) is 5.28. The van der Waals surface area contributed by atoms with Gasteiger partial charge in [-0.25, -0.2) is 0 Å². The Balaban J connectivity index is 2.02. The van der Waals surface area contributed by atoms with Gasteiger partial charge in [-0.3, -0.25) is 19.8 Å². The molecule has 1 fully saturated rings. The summed E-state index contributed by atoms with van der Waals surface area (Å²) in [5.74, 6) is -1.01. The van der Waals surface area contributed by atoms with E-state index in [-0.39, 0.29) is 16.4 Å². The van der Waals surface area contributed by atoms with Gasteiger partial charge < -0.3 is 5.11 Å². The van der Waals surface area contributed by atoms with Crippen LogP contribution >= 0.6 is 12.2 Å².